The first-order chi connectivity index (χ1) is 10.8. The van der Waals surface area contributed by atoms with E-state index in [1.165, 1.54) is 8.61 Å². The van der Waals surface area contributed by atoms with Crippen LogP contribution in [0.15, 0.2) is 0 Å². The van der Waals surface area contributed by atoms with Crippen molar-refractivity contribution in [3.8, 4) is 0 Å². The van der Waals surface area contributed by atoms with Crippen molar-refractivity contribution >= 4 is 20.0 Å². The van der Waals surface area contributed by atoms with E-state index in [1.807, 2.05) is 13.8 Å². The maximum absolute atomic E-state index is 12.0. The minimum absolute atomic E-state index is 0.137. The molecule has 2 heterocycles. The van der Waals surface area contributed by atoms with E-state index in [4.69, 9.17) is 0 Å². The highest BCUT2D eigenvalue weighted by molar-refractivity contribution is 7.89. The van der Waals surface area contributed by atoms with Gasteiger partial charge in [0.15, 0.2) is 0 Å². The average molecular weight is 369 g/mol. The van der Waals surface area contributed by atoms with E-state index in [1.54, 1.807) is 0 Å². The molecule has 0 aromatic rings. The molecule has 0 aliphatic carbocycles. The van der Waals surface area contributed by atoms with E-state index in [9.17, 15) is 16.8 Å². The first-order valence-electron chi connectivity index (χ1n) is 8.19. The van der Waals surface area contributed by atoms with Crippen LogP contribution in [0.2, 0.25) is 0 Å². The van der Waals surface area contributed by atoms with Crippen LogP contribution < -0.4 is 0 Å². The molecule has 0 saturated carbocycles. The number of sulfonamides is 2. The van der Waals surface area contributed by atoms with E-state index in [-0.39, 0.29) is 11.5 Å². The second-order valence-electron chi connectivity index (χ2n) is 6.20. The molecule has 0 unspecified atom stereocenters. The monoisotopic (exact) mass is 368 g/mol. The third kappa shape index (κ3) is 4.86. The molecule has 0 aromatic heterocycles. The van der Waals surface area contributed by atoms with Crippen molar-refractivity contribution in [2.45, 2.75) is 26.7 Å². The number of nitrogens with zero attached hydrogens (tertiary/aromatic N) is 4. The minimum atomic E-state index is -3.13. The van der Waals surface area contributed by atoms with Crippen molar-refractivity contribution in [1.82, 2.24) is 18.4 Å². The molecule has 0 N–H and O–H groups in total. The van der Waals surface area contributed by atoms with Crippen molar-refractivity contribution in [2.75, 3.05) is 57.7 Å². The van der Waals surface area contributed by atoms with Gasteiger partial charge in [-0.2, -0.15) is 8.61 Å². The summed E-state index contributed by atoms with van der Waals surface area (Å²) in [6, 6.07) is 0. The molecule has 23 heavy (non-hydrogen) atoms. The molecule has 2 saturated heterocycles. The molecule has 0 aromatic carbocycles. The highest BCUT2D eigenvalue weighted by atomic mass is 32.2. The van der Waals surface area contributed by atoms with E-state index in [0.717, 1.165) is 12.8 Å². The molecule has 2 rings (SSSR count). The fourth-order valence-corrected chi connectivity index (χ4v) is 6.04. The van der Waals surface area contributed by atoms with Crippen molar-refractivity contribution < 1.29 is 16.8 Å². The van der Waals surface area contributed by atoms with Gasteiger partial charge in [-0.25, -0.2) is 16.8 Å². The van der Waals surface area contributed by atoms with Gasteiger partial charge in [-0.05, 0) is 12.8 Å². The smallest absolute Gasteiger partial charge is 0.216 e. The molecule has 0 radical (unpaired) electrons. The summed E-state index contributed by atoms with van der Waals surface area (Å²) in [7, 11) is -6.26. The zero-order chi connectivity index (χ0) is 17.1. The maximum Gasteiger partial charge on any atom is 0.216 e. The van der Waals surface area contributed by atoms with Gasteiger partial charge >= 0.3 is 0 Å². The summed E-state index contributed by atoms with van der Waals surface area (Å²) in [6.07, 6.45) is 1.58. The summed E-state index contributed by atoms with van der Waals surface area (Å²) in [4.78, 5) is 4.16. The molecular weight excluding hydrogens is 340 g/mol. The summed E-state index contributed by atoms with van der Waals surface area (Å²) in [6.45, 7) is 7.40. The lowest BCUT2D eigenvalue weighted by Crippen LogP contribution is -2.57. The predicted octanol–water partition coefficient (Wildman–Crippen LogP) is -0.426. The number of rotatable bonds is 6. The molecule has 0 amide bonds. The van der Waals surface area contributed by atoms with Crippen LogP contribution in [0.4, 0.5) is 0 Å². The van der Waals surface area contributed by atoms with Crippen LogP contribution in [-0.4, -0.2) is 92.9 Å². The van der Waals surface area contributed by atoms with Crippen LogP contribution in [-0.2, 0) is 20.0 Å². The SMILES string of the molecule is CCCN1CN(CN2CCS(=O)(=O)N(CCC)C2)CCS1(=O)=O. The van der Waals surface area contributed by atoms with E-state index in [0.29, 0.717) is 46.2 Å². The Morgan fingerprint density at radius 1 is 0.739 bits per heavy atom. The van der Waals surface area contributed by atoms with Crippen molar-refractivity contribution in [3.05, 3.63) is 0 Å². The summed E-state index contributed by atoms with van der Waals surface area (Å²) >= 11 is 0. The largest absolute Gasteiger partial charge is 0.275 e. The van der Waals surface area contributed by atoms with Crippen molar-refractivity contribution in [1.29, 1.82) is 0 Å². The van der Waals surface area contributed by atoms with Gasteiger partial charge in [-0.15, -0.1) is 0 Å². The topological polar surface area (TPSA) is 81.2 Å². The summed E-state index contributed by atoms with van der Waals surface area (Å²) < 4.78 is 51.2. The molecule has 10 heteroatoms. The van der Waals surface area contributed by atoms with Crippen LogP contribution in [0.3, 0.4) is 0 Å². The second-order valence-corrected chi connectivity index (χ2v) is 10.4. The summed E-state index contributed by atoms with van der Waals surface area (Å²) in [5, 5.41) is 0. The lowest BCUT2D eigenvalue weighted by atomic mass is 10.4. The molecule has 2 aliphatic rings. The standard InChI is InChI=1S/C13H28N4O4S2/c1-3-5-16-12-14(7-9-22(16,18)19)11-15-8-10-23(20,21)17(13-15)6-4-2/h3-13H2,1-2H3. The Kier molecular flexibility index (Phi) is 6.42. The van der Waals surface area contributed by atoms with Crippen molar-refractivity contribution in [3.63, 3.8) is 0 Å². The van der Waals surface area contributed by atoms with Gasteiger partial charge in [0.2, 0.25) is 20.0 Å². The van der Waals surface area contributed by atoms with Gasteiger partial charge in [0.05, 0.1) is 31.5 Å². The molecule has 0 spiro atoms. The zero-order valence-electron chi connectivity index (χ0n) is 14.0. The minimum Gasteiger partial charge on any atom is -0.275 e. The Balaban J connectivity index is 1.95. The predicted molar refractivity (Wildman–Crippen MR) is 89.6 cm³/mol. The molecule has 136 valence electrons. The lowest BCUT2D eigenvalue weighted by molar-refractivity contribution is 0.0708. The van der Waals surface area contributed by atoms with E-state index >= 15 is 0 Å². The van der Waals surface area contributed by atoms with Gasteiger partial charge in [0.25, 0.3) is 0 Å². The fraction of sp³-hybridized carbons (Fsp3) is 1.00. The second kappa shape index (κ2) is 7.75. The van der Waals surface area contributed by atoms with Gasteiger partial charge in [0.1, 0.15) is 0 Å². The Labute approximate surface area is 140 Å². The average Bonchev–Trinajstić information content (AvgIpc) is 2.47. The van der Waals surface area contributed by atoms with Crippen LogP contribution in [0.5, 0.6) is 0 Å². The van der Waals surface area contributed by atoms with Gasteiger partial charge in [0, 0.05) is 26.2 Å². The molecule has 8 nitrogen and oxygen atoms in total. The maximum atomic E-state index is 12.0. The Hall–Kier alpha value is -0.260. The van der Waals surface area contributed by atoms with Crippen LogP contribution in [0, 0.1) is 0 Å². The van der Waals surface area contributed by atoms with Crippen molar-refractivity contribution in [2.24, 2.45) is 0 Å². The number of hydrogen-bond acceptors (Lipinski definition) is 6. The molecule has 0 bridgehead atoms. The first-order valence-corrected chi connectivity index (χ1v) is 11.4. The highest BCUT2D eigenvalue weighted by Crippen LogP contribution is 2.15. The van der Waals surface area contributed by atoms with Gasteiger partial charge in [-0.1, -0.05) is 13.8 Å². The fourth-order valence-electron chi connectivity index (χ4n) is 2.94. The molecular formula is C13H28N4O4S2. The summed E-state index contributed by atoms with van der Waals surface area (Å²) in [5.41, 5.74) is 0. The van der Waals surface area contributed by atoms with Crippen LogP contribution in [0.1, 0.15) is 26.7 Å². The highest BCUT2D eigenvalue weighted by Gasteiger charge is 2.33. The lowest BCUT2D eigenvalue weighted by Gasteiger charge is -2.40. The Morgan fingerprint density at radius 3 is 1.48 bits per heavy atom. The first kappa shape index (κ1) is 19.1. The Bertz CT molecular complexity index is 541. The van der Waals surface area contributed by atoms with Gasteiger partial charge in [-0.3, -0.25) is 9.80 Å². The quantitative estimate of drug-likeness (QED) is 0.633. The van der Waals surface area contributed by atoms with Crippen LogP contribution in [0.25, 0.3) is 0 Å². The molecule has 2 fully saturated rings. The summed E-state index contributed by atoms with van der Waals surface area (Å²) in [5.74, 6) is 0.273. The van der Waals surface area contributed by atoms with Gasteiger partial charge < -0.3 is 0 Å². The van der Waals surface area contributed by atoms with Crippen LogP contribution >= 0.6 is 0 Å². The zero-order valence-corrected chi connectivity index (χ0v) is 15.6. The molecule has 0 atom stereocenters. The van der Waals surface area contributed by atoms with E-state index < -0.39 is 20.0 Å². The van der Waals surface area contributed by atoms with E-state index in [2.05, 4.69) is 9.80 Å². The molecule has 2 aliphatic heterocycles. The normalized spacial score (nSPS) is 27.2. The third-order valence-electron chi connectivity index (χ3n) is 4.18. The third-order valence-corrected chi connectivity index (χ3v) is 7.75. The number of hydrogen-bond donors (Lipinski definition) is 0. The Morgan fingerprint density at radius 2 is 1.13 bits per heavy atom.